The number of nitrogens with one attached hydrogen (secondary N) is 3. The van der Waals surface area contributed by atoms with E-state index in [2.05, 4.69) is 50.0 Å². The summed E-state index contributed by atoms with van der Waals surface area (Å²) >= 11 is 0. The van der Waals surface area contributed by atoms with Crippen LogP contribution in [-0.4, -0.2) is 94.3 Å². The number of anilines is 1. The molecule has 4 amide bonds. The van der Waals surface area contributed by atoms with Gasteiger partial charge in [0, 0.05) is 74.4 Å². The van der Waals surface area contributed by atoms with E-state index in [0.717, 1.165) is 73.9 Å². The van der Waals surface area contributed by atoms with E-state index < -0.39 is 5.60 Å². The molecule has 0 spiro atoms. The minimum atomic E-state index is -1.20. The van der Waals surface area contributed by atoms with Crippen LogP contribution in [-0.2, 0) is 16.1 Å². The van der Waals surface area contributed by atoms with Crippen LogP contribution in [0.25, 0.3) is 11.1 Å². The highest BCUT2D eigenvalue weighted by Gasteiger charge is 2.35. The molecule has 2 saturated heterocycles. The molecule has 3 fully saturated rings. The second-order valence-electron chi connectivity index (χ2n) is 14.0. The van der Waals surface area contributed by atoms with Gasteiger partial charge in [0.05, 0.1) is 12.7 Å². The summed E-state index contributed by atoms with van der Waals surface area (Å²) in [5.41, 5.74) is 8.87. The fraction of sp³-hybridized carbons (Fsp3) is 0.514. The van der Waals surface area contributed by atoms with Crippen molar-refractivity contribution in [3.05, 3.63) is 66.5 Å². The maximum Gasteiger partial charge on any atom is 0.318 e. The van der Waals surface area contributed by atoms with Crippen LogP contribution in [0.15, 0.2) is 60.9 Å². The lowest BCUT2D eigenvalue weighted by atomic mass is 10.0. The maximum absolute atomic E-state index is 13.6. The number of H-pyrrole nitrogens is 1. The number of aromatic nitrogens is 2. The van der Waals surface area contributed by atoms with Gasteiger partial charge in [0.15, 0.2) is 5.60 Å². The van der Waals surface area contributed by atoms with Gasteiger partial charge in [-0.15, -0.1) is 0 Å². The monoisotopic (exact) mass is 670 g/mol. The molecule has 5 N–H and O–H groups in total. The van der Waals surface area contributed by atoms with E-state index in [0.29, 0.717) is 31.9 Å². The number of ether oxygens (including phenoxy) is 1. The molecule has 12 nitrogen and oxygen atoms in total. The molecule has 2 aliphatic heterocycles. The Bertz CT molecular complexity index is 1570. The molecular formula is C37H50N8O4. The number of urea groups is 1. The normalized spacial score (nSPS) is 19.7. The first kappa shape index (κ1) is 34.3. The summed E-state index contributed by atoms with van der Waals surface area (Å²) in [5, 5.41) is 13.0. The second-order valence-corrected chi connectivity index (χ2v) is 14.0. The molecule has 262 valence electrons. The van der Waals surface area contributed by atoms with Gasteiger partial charge >= 0.3 is 6.03 Å². The van der Waals surface area contributed by atoms with Crippen LogP contribution < -0.4 is 26.0 Å². The summed E-state index contributed by atoms with van der Waals surface area (Å²) in [5.74, 6) is 0.0869. The zero-order valence-electron chi connectivity index (χ0n) is 28.7. The highest BCUT2D eigenvalue weighted by molar-refractivity contribution is 5.89. The Kier molecular flexibility index (Phi) is 10.7. The van der Waals surface area contributed by atoms with Gasteiger partial charge in [-0.1, -0.05) is 30.3 Å². The molecule has 6 rings (SSSR count). The molecule has 0 radical (unpaired) electrons. The summed E-state index contributed by atoms with van der Waals surface area (Å²) < 4.78 is 6.19. The Labute approximate surface area is 288 Å². The third-order valence-electron chi connectivity index (χ3n) is 9.86. The van der Waals surface area contributed by atoms with Crippen molar-refractivity contribution in [1.29, 1.82) is 0 Å². The largest absolute Gasteiger partial charge is 0.478 e. The number of nitrogens with zero attached hydrogens (tertiary/aromatic N) is 4. The van der Waals surface area contributed by atoms with Gasteiger partial charge in [-0.2, -0.15) is 5.10 Å². The van der Waals surface area contributed by atoms with Crippen LogP contribution in [0.5, 0.6) is 5.75 Å². The number of piperidine rings is 2. The molecule has 3 aromatic rings. The first-order valence-electron chi connectivity index (χ1n) is 17.7. The van der Waals surface area contributed by atoms with Gasteiger partial charge in [-0.25, -0.2) is 4.79 Å². The Balaban J connectivity index is 1.02. The third kappa shape index (κ3) is 8.72. The number of nitrogens with two attached hydrogens (primary N) is 1. The van der Waals surface area contributed by atoms with Crippen LogP contribution >= 0.6 is 0 Å². The molecule has 12 heteroatoms. The number of likely N-dealkylation sites (tertiary alicyclic amines) is 1. The number of rotatable bonds is 12. The maximum atomic E-state index is 13.6. The lowest BCUT2D eigenvalue weighted by molar-refractivity contribution is -0.139. The minimum absolute atomic E-state index is 0.00840. The highest BCUT2D eigenvalue weighted by atomic mass is 16.5. The number of carbonyl (C=O) groups is 3. The summed E-state index contributed by atoms with van der Waals surface area (Å²) in [6.07, 6.45) is 10.5. The van der Waals surface area contributed by atoms with Gasteiger partial charge < -0.3 is 35.8 Å². The van der Waals surface area contributed by atoms with Crippen molar-refractivity contribution in [2.45, 2.75) is 89.1 Å². The fourth-order valence-electron chi connectivity index (χ4n) is 6.88. The second kappa shape index (κ2) is 15.3. The Morgan fingerprint density at radius 2 is 1.84 bits per heavy atom. The highest BCUT2D eigenvalue weighted by Crippen LogP contribution is 2.30. The summed E-state index contributed by atoms with van der Waals surface area (Å²) in [7, 11) is 0. The number of amides is 4. The lowest BCUT2D eigenvalue weighted by Gasteiger charge is -2.36. The predicted molar refractivity (Wildman–Crippen MR) is 189 cm³/mol. The van der Waals surface area contributed by atoms with Crippen molar-refractivity contribution in [1.82, 2.24) is 30.6 Å². The molecule has 3 aliphatic rings. The van der Waals surface area contributed by atoms with E-state index >= 15 is 0 Å². The zero-order valence-corrected chi connectivity index (χ0v) is 28.7. The first-order valence-corrected chi connectivity index (χ1v) is 17.7. The lowest BCUT2D eigenvalue weighted by Crippen LogP contribution is -2.53. The van der Waals surface area contributed by atoms with E-state index in [-0.39, 0.29) is 42.5 Å². The number of benzene rings is 2. The quantitative estimate of drug-likeness (QED) is 0.227. The van der Waals surface area contributed by atoms with Crippen LogP contribution in [0, 0.1) is 0 Å². The van der Waals surface area contributed by atoms with Crippen molar-refractivity contribution in [2.24, 2.45) is 5.73 Å². The van der Waals surface area contributed by atoms with Crippen molar-refractivity contribution in [2.75, 3.05) is 37.6 Å². The number of aromatic amines is 1. The molecule has 1 aromatic heterocycles. The molecule has 0 unspecified atom stereocenters. The average molecular weight is 671 g/mol. The van der Waals surface area contributed by atoms with Crippen molar-refractivity contribution < 1.29 is 19.1 Å². The molecule has 2 atom stereocenters. The van der Waals surface area contributed by atoms with Crippen LogP contribution in [0.1, 0.15) is 64.4 Å². The number of hydrogen-bond acceptors (Lipinski definition) is 7. The van der Waals surface area contributed by atoms with Gasteiger partial charge in [0.25, 0.3) is 5.91 Å². The smallest absolute Gasteiger partial charge is 0.318 e. The molecule has 1 aliphatic carbocycles. The van der Waals surface area contributed by atoms with E-state index in [1.807, 2.05) is 35.4 Å². The number of carbonyl (C=O) groups excluding carboxylic acids is 3. The van der Waals surface area contributed by atoms with Gasteiger partial charge in [0.1, 0.15) is 5.75 Å². The van der Waals surface area contributed by atoms with Gasteiger partial charge in [0.2, 0.25) is 5.91 Å². The topological polar surface area (TPSA) is 149 Å². The Hall–Kier alpha value is -4.58. The zero-order chi connectivity index (χ0) is 34.4. The predicted octanol–water partition coefficient (Wildman–Crippen LogP) is 4.03. The first-order chi connectivity index (χ1) is 23.7. The molecular weight excluding hydrogens is 620 g/mol. The minimum Gasteiger partial charge on any atom is -0.478 e. The van der Waals surface area contributed by atoms with Crippen LogP contribution in [0.4, 0.5) is 10.5 Å². The fourth-order valence-corrected chi connectivity index (χ4v) is 6.88. The van der Waals surface area contributed by atoms with Crippen LogP contribution in [0.3, 0.4) is 0 Å². The SMILES string of the molecule is CC(C)(Oc1cccc(N2CCC[C@@H](NC(=O)N(Cc3ccc(-c4cn[nH]c4)cc3)C3CC3)C2)c1)C(=O)NCC(=O)N1CCCC[C@H]1CN. The van der Waals surface area contributed by atoms with Crippen molar-refractivity contribution >= 4 is 23.5 Å². The van der Waals surface area contributed by atoms with Crippen molar-refractivity contribution in [3.63, 3.8) is 0 Å². The van der Waals surface area contributed by atoms with Gasteiger partial charge in [-0.3, -0.25) is 14.7 Å². The Morgan fingerprint density at radius 1 is 1.02 bits per heavy atom. The van der Waals surface area contributed by atoms with E-state index in [9.17, 15) is 14.4 Å². The molecule has 0 bridgehead atoms. The van der Waals surface area contributed by atoms with E-state index in [1.54, 1.807) is 24.9 Å². The van der Waals surface area contributed by atoms with Crippen LogP contribution in [0.2, 0.25) is 0 Å². The summed E-state index contributed by atoms with van der Waals surface area (Å²) in [4.78, 5) is 45.6. The standard InChI is InChI=1S/C37H50N8O4/c1-37(2,35(47)39-23-34(46)44-18-4-3-8-32(44)20-38)49-33-10-5-9-31(19-33)43-17-6-7-29(25-43)42-36(48)45(30-15-16-30)24-26-11-13-27(14-12-26)28-21-40-41-22-28/h5,9-14,19,21-22,29-30,32H,3-4,6-8,15-18,20,23-25,38H2,1-2H3,(H,39,47)(H,40,41)(H,42,48)/t29-,32+/m1/s1. The van der Waals surface area contributed by atoms with Gasteiger partial charge in [-0.05, 0) is 82.1 Å². The summed E-state index contributed by atoms with van der Waals surface area (Å²) in [6, 6.07) is 16.3. The van der Waals surface area contributed by atoms with Crippen molar-refractivity contribution in [3.8, 4) is 16.9 Å². The van der Waals surface area contributed by atoms with E-state index in [1.165, 1.54) is 0 Å². The average Bonchev–Trinajstić information content (AvgIpc) is 3.81. The summed E-state index contributed by atoms with van der Waals surface area (Å²) in [6.45, 7) is 6.53. The molecule has 2 aromatic carbocycles. The van der Waals surface area contributed by atoms with E-state index in [4.69, 9.17) is 10.5 Å². The molecule has 49 heavy (non-hydrogen) atoms. The number of hydrogen-bond donors (Lipinski definition) is 4. The third-order valence-corrected chi connectivity index (χ3v) is 9.86. The molecule has 3 heterocycles. The molecule has 1 saturated carbocycles. The Morgan fingerprint density at radius 3 is 2.57 bits per heavy atom.